The lowest BCUT2D eigenvalue weighted by atomic mass is 9.92. The fraction of sp³-hybridized carbons (Fsp3) is 0.429. The van der Waals surface area contributed by atoms with Crippen molar-refractivity contribution in [2.45, 2.75) is 19.8 Å². The highest BCUT2D eigenvalue weighted by atomic mass is 35.5. The third kappa shape index (κ3) is 4.02. The Bertz CT molecular complexity index is 1030. The normalized spacial score (nSPS) is 20.8. The zero-order chi connectivity index (χ0) is 19.1. The van der Waals surface area contributed by atoms with E-state index < -0.39 is 0 Å². The van der Waals surface area contributed by atoms with E-state index in [1.807, 2.05) is 42.2 Å². The van der Waals surface area contributed by atoms with Gasteiger partial charge >= 0.3 is 0 Å². The number of aromatic nitrogens is 4. The summed E-state index contributed by atoms with van der Waals surface area (Å²) in [4.78, 5) is 19.5. The second-order valence-electron chi connectivity index (χ2n) is 7.86. The number of nitrogens with zero attached hydrogens (tertiary/aromatic N) is 5. The summed E-state index contributed by atoms with van der Waals surface area (Å²) in [5, 5.41) is 13.0. The van der Waals surface area contributed by atoms with Gasteiger partial charge in [0.1, 0.15) is 0 Å². The van der Waals surface area contributed by atoms with Crippen molar-refractivity contribution in [3.63, 3.8) is 0 Å². The number of rotatable bonds is 2. The number of carbonyl (C=O) groups excluding carboxylic acids is 1. The van der Waals surface area contributed by atoms with Crippen LogP contribution in [0.1, 0.15) is 29.0 Å². The van der Waals surface area contributed by atoms with Gasteiger partial charge in [0.25, 0.3) is 5.91 Å². The maximum atomic E-state index is 13.1. The highest BCUT2D eigenvalue weighted by Gasteiger charge is 2.32. The standard InChI is InChI=1S/C21H24N6O.2ClH/c1-14-20(21(28)26-9-6-16-12-22-13-17(16)7-10-26)24-25-27(14)18-4-5-19-15(11-18)3-2-8-23-19;;/h2-5,8,11,16-17,22H,6-7,9-10,12-13H2,1H3;2*1H/t16-,17+;;. The summed E-state index contributed by atoms with van der Waals surface area (Å²) in [6.45, 7) is 5.68. The van der Waals surface area contributed by atoms with Crippen LogP contribution in [0.15, 0.2) is 36.5 Å². The van der Waals surface area contributed by atoms with Crippen LogP contribution in [0.2, 0.25) is 0 Å². The Hall–Kier alpha value is -2.22. The van der Waals surface area contributed by atoms with Gasteiger partial charge in [0.05, 0.1) is 16.9 Å². The number of carbonyl (C=O) groups is 1. The number of pyridine rings is 1. The van der Waals surface area contributed by atoms with Gasteiger partial charge in [-0.25, -0.2) is 4.68 Å². The molecule has 160 valence electrons. The van der Waals surface area contributed by atoms with E-state index in [9.17, 15) is 4.79 Å². The van der Waals surface area contributed by atoms with Gasteiger partial charge in [0.15, 0.2) is 5.69 Å². The van der Waals surface area contributed by atoms with E-state index in [1.54, 1.807) is 10.9 Å². The van der Waals surface area contributed by atoms with E-state index in [4.69, 9.17) is 0 Å². The molecule has 9 heteroatoms. The molecule has 2 aliphatic heterocycles. The van der Waals surface area contributed by atoms with E-state index in [0.29, 0.717) is 17.5 Å². The van der Waals surface area contributed by atoms with E-state index in [0.717, 1.165) is 61.3 Å². The first-order valence-corrected chi connectivity index (χ1v) is 9.98. The van der Waals surface area contributed by atoms with Crippen molar-refractivity contribution in [1.29, 1.82) is 0 Å². The molecular weight excluding hydrogens is 423 g/mol. The van der Waals surface area contributed by atoms with Gasteiger partial charge in [0, 0.05) is 24.7 Å². The summed E-state index contributed by atoms with van der Waals surface area (Å²) >= 11 is 0. The average molecular weight is 449 g/mol. The number of hydrogen-bond acceptors (Lipinski definition) is 5. The second-order valence-corrected chi connectivity index (χ2v) is 7.86. The topological polar surface area (TPSA) is 75.9 Å². The number of benzene rings is 1. The van der Waals surface area contributed by atoms with Gasteiger partial charge in [-0.3, -0.25) is 9.78 Å². The van der Waals surface area contributed by atoms with E-state index >= 15 is 0 Å². The van der Waals surface area contributed by atoms with Crippen LogP contribution < -0.4 is 5.32 Å². The molecule has 0 radical (unpaired) electrons. The molecule has 1 amide bonds. The molecule has 0 unspecified atom stereocenters. The zero-order valence-electron chi connectivity index (χ0n) is 16.8. The molecule has 0 spiro atoms. The Morgan fingerprint density at radius 3 is 2.57 bits per heavy atom. The molecule has 2 fully saturated rings. The van der Waals surface area contributed by atoms with Crippen LogP contribution in [0.5, 0.6) is 0 Å². The Morgan fingerprint density at radius 2 is 1.83 bits per heavy atom. The molecule has 5 rings (SSSR count). The number of nitrogens with one attached hydrogen (secondary N) is 1. The summed E-state index contributed by atoms with van der Waals surface area (Å²) in [7, 11) is 0. The average Bonchev–Trinajstić information content (AvgIpc) is 3.28. The summed E-state index contributed by atoms with van der Waals surface area (Å²) in [5.41, 5.74) is 3.06. The van der Waals surface area contributed by atoms with Gasteiger partial charge < -0.3 is 10.2 Å². The highest BCUT2D eigenvalue weighted by molar-refractivity contribution is 5.93. The SMILES string of the molecule is Cc1c(C(=O)N2CC[C@@H]3CNC[C@@H]3CC2)nnn1-c1ccc2ncccc2c1.Cl.Cl. The van der Waals surface area contributed by atoms with Crippen LogP contribution in [-0.4, -0.2) is 57.0 Å². The third-order valence-electron chi connectivity index (χ3n) is 6.23. The van der Waals surface area contributed by atoms with Crippen molar-refractivity contribution < 1.29 is 4.79 Å². The van der Waals surface area contributed by atoms with Crippen molar-refractivity contribution in [3.05, 3.63) is 47.9 Å². The van der Waals surface area contributed by atoms with Crippen LogP contribution in [0, 0.1) is 18.8 Å². The minimum Gasteiger partial charge on any atom is -0.337 e. The van der Waals surface area contributed by atoms with Crippen molar-refractivity contribution in [1.82, 2.24) is 30.2 Å². The van der Waals surface area contributed by atoms with Gasteiger partial charge in [-0.2, -0.15) is 0 Å². The van der Waals surface area contributed by atoms with E-state index in [-0.39, 0.29) is 30.7 Å². The highest BCUT2D eigenvalue weighted by Crippen LogP contribution is 2.28. The molecule has 2 aliphatic rings. The molecule has 0 bridgehead atoms. The first-order valence-electron chi connectivity index (χ1n) is 9.98. The Labute approximate surface area is 188 Å². The quantitative estimate of drug-likeness (QED) is 0.651. The van der Waals surface area contributed by atoms with Gasteiger partial charge in [-0.1, -0.05) is 11.3 Å². The first kappa shape index (κ1) is 22.5. The number of hydrogen-bond donors (Lipinski definition) is 1. The minimum atomic E-state index is -0.000798. The van der Waals surface area contributed by atoms with Crippen LogP contribution >= 0.6 is 24.8 Å². The molecule has 0 aliphatic carbocycles. The summed E-state index contributed by atoms with van der Waals surface area (Å²) in [6, 6.07) is 9.89. The molecule has 1 N–H and O–H groups in total. The second kappa shape index (κ2) is 9.29. The molecule has 2 atom stereocenters. The van der Waals surface area contributed by atoms with Crippen LogP contribution in [0.25, 0.3) is 16.6 Å². The Kier molecular flexibility index (Phi) is 6.95. The summed E-state index contributed by atoms with van der Waals surface area (Å²) < 4.78 is 1.75. The number of likely N-dealkylation sites (tertiary alicyclic amines) is 1. The van der Waals surface area contributed by atoms with Gasteiger partial charge in [-0.05, 0) is 69.0 Å². The van der Waals surface area contributed by atoms with E-state index in [1.165, 1.54) is 0 Å². The van der Waals surface area contributed by atoms with Crippen molar-refractivity contribution >= 4 is 41.6 Å². The molecule has 1 aromatic carbocycles. The first-order chi connectivity index (χ1) is 13.7. The zero-order valence-corrected chi connectivity index (χ0v) is 18.5. The molecule has 0 saturated carbocycles. The molecule has 2 aromatic heterocycles. The predicted octanol–water partition coefficient (Wildman–Crippen LogP) is 3.04. The largest absolute Gasteiger partial charge is 0.337 e. The number of fused-ring (bicyclic) bond motifs is 2. The Morgan fingerprint density at radius 1 is 1.10 bits per heavy atom. The third-order valence-corrected chi connectivity index (χ3v) is 6.23. The molecule has 7 nitrogen and oxygen atoms in total. The summed E-state index contributed by atoms with van der Waals surface area (Å²) in [5.74, 6) is 1.39. The summed E-state index contributed by atoms with van der Waals surface area (Å²) in [6.07, 6.45) is 3.91. The lowest BCUT2D eigenvalue weighted by Gasteiger charge is -2.20. The van der Waals surface area contributed by atoms with E-state index in [2.05, 4.69) is 20.6 Å². The fourth-order valence-electron chi connectivity index (χ4n) is 4.54. The van der Waals surface area contributed by atoms with Crippen LogP contribution in [0.3, 0.4) is 0 Å². The van der Waals surface area contributed by atoms with Crippen LogP contribution in [-0.2, 0) is 0 Å². The molecule has 30 heavy (non-hydrogen) atoms. The maximum Gasteiger partial charge on any atom is 0.276 e. The van der Waals surface area contributed by atoms with Gasteiger partial charge in [0.2, 0.25) is 0 Å². The monoisotopic (exact) mass is 448 g/mol. The Balaban J connectivity index is 0.00000128. The van der Waals surface area contributed by atoms with Crippen molar-refractivity contribution in [2.75, 3.05) is 26.2 Å². The molecule has 2 saturated heterocycles. The predicted molar refractivity (Wildman–Crippen MR) is 121 cm³/mol. The fourth-order valence-corrected chi connectivity index (χ4v) is 4.54. The maximum absolute atomic E-state index is 13.1. The van der Waals surface area contributed by atoms with Crippen molar-refractivity contribution in [2.24, 2.45) is 11.8 Å². The number of amides is 1. The molecular formula is C21H26Cl2N6O. The number of halogens is 2. The minimum absolute atomic E-state index is 0. The lowest BCUT2D eigenvalue weighted by Crippen LogP contribution is -2.33. The van der Waals surface area contributed by atoms with Crippen LogP contribution in [0.4, 0.5) is 0 Å². The molecule has 3 aromatic rings. The lowest BCUT2D eigenvalue weighted by molar-refractivity contribution is 0.0751. The smallest absolute Gasteiger partial charge is 0.276 e. The molecule has 4 heterocycles. The van der Waals surface area contributed by atoms with Crippen molar-refractivity contribution in [3.8, 4) is 5.69 Å². The van der Waals surface area contributed by atoms with Gasteiger partial charge in [-0.15, -0.1) is 29.9 Å².